The fourth-order valence-electron chi connectivity index (χ4n) is 4.90. The molecule has 0 aromatic heterocycles. The largest absolute Gasteiger partial charge is 0.373 e. The Labute approximate surface area is 187 Å². The third-order valence-corrected chi connectivity index (χ3v) is 6.75. The molecular formula is C22H35Cl2N3O2. The van der Waals surface area contributed by atoms with Crippen molar-refractivity contribution in [2.45, 2.75) is 51.3 Å². The van der Waals surface area contributed by atoms with Gasteiger partial charge in [-0.2, -0.15) is 0 Å². The van der Waals surface area contributed by atoms with Crippen molar-refractivity contribution in [2.75, 3.05) is 32.8 Å². The van der Waals surface area contributed by atoms with Gasteiger partial charge in [0.1, 0.15) is 0 Å². The van der Waals surface area contributed by atoms with E-state index in [0.717, 1.165) is 65.0 Å². The lowest BCUT2D eigenvalue weighted by molar-refractivity contribution is -0.126. The van der Waals surface area contributed by atoms with Gasteiger partial charge in [0.15, 0.2) is 0 Å². The van der Waals surface area contributed by atoms with Gasteiger partial charge in [-0.3, -0.25) is 9.69 Å². The van der Waals surface area contributed by atoms with Gasteiger partial charge in [0.05, 0.1) is 18.8 Å². The fraction of sp³-hybridized carbons (Fsp3) is 0.682. The van der Waals surface area contributed by atoms with Crippen LogP contribution in [-0.2, 0) is 16.1 Å². The molecule has 3 fully saturated rings. The van der Waals surface area contributed by atoms with Crippen LogP contribution in [0.2, 0.25) is 0 Å². The molecule has 3 atom stereocenters. The zero-order valence-corrected chi connectivity index (χ0v) is 18.9. The molecule has 2 N–H and O–H groups in total. The minimum Gasteiger partial charge on any atom is -0.373 e. The van der Waals surface area contributed by atoms with Crippen LogP contribution in [0.4, 0.5) is 0 Å². The maximum absolute atomic E-state index is 12.9. The third kappa shape index (κ3) is 5.86. The van der Waals surface area contributed by atoms with Gasteiger partial charge < -0.3 is 15.4 Å². The van der Waals surface area contributed by atoms with Crippen LogP contribution < -0.4 is 10.6 Å². The summed E-state index contributed by atoms with van der Waals surface area (Å²) in [6.07, 6.45) is 4.36. The van der Waals surface area contributed by atoms with Gasteiger partial charge in [-0.05, 0) is 49.8 Å². The van der Waals surface area contributed by atoms with Gasteiger partial charge in [-0.15, -0.1) is 24.8 Å². The summed E-state index contributed by atoms with van der Waals surface area (Å²) in [7, 11) is 0. The van der Waals surface area contributed by atoms with Gasteiger partial charge in [-0.25, -0.2) is 0 Å². The Bertz CT molecular complexity index is 640. The van der Waals surface area contributed by atoms with E-state index in [4.69, 9.17) is 4.74 Å². The average Bonchev–Trinajstić information content (AvgIpc) is 3.40. The number of nitrogens with one attached hydrogen (secondary N) is 2. The molecule has 0 radical (unpaired) electrons. The molecule has 5 nitrogen and oxygen atoms in total. The molecule has 1 aliphatic carbocycles. The number of ether oxygens (including phenoxy) is 1. The Kier molecular flexibility index (Phi) is 9.23. The molecule has 2 heterocycles. The smallest absolute Gasteiger partial charge is 0.224 e. The number of benzene rings is 1. The van der Waals surface area contributed by atoms with E-state index in [0.29, 0.717) is 5.41 Å². The number of piperidine rings is 1. The van der Waals surface area contributed by atoms with Crippen LogP contribution in [0.1, 0.15) is 38.2 Å². The molecule has 1 aromatic carbocycles. The molecular weight excluding hydrogens is 409 g/mol. The highest BCUT2D eigenvalue weighted by Gasteiger charge is 2.57. The lowest BCUT2D eigenvalue weighted by Crippen LogP contribution is -2.53. The number of nitrogens with zero attached hydrogens (tertiary/aromatic N) is 1. The molecule has 1 spiro atoms. The molecule has 164 valence electrons. The lowest BCUT2D eigenvalue weighted by atomic mass is 9.91. The molecule has 3 aliphatic rings. The molecule has 1 saturated carbocycles. The third-order valence-electron chi connectivity index (χ3n) is 6.75. The van der Waals surface area contributed by atoms with E-state index in [2.05, 4.69) is 52.8 Å². The van der Waals surface area contributed by atoms with Gasteiger partial charge in [0.25, 0.3) is 0 Å². The second-order valence-electron chi connectivity index (χ2n) is 8.52. The van der Waals surface area contributed by atoms with Crippen LogP contribution in [0.5, 0.6) is 0 Å². The summed E-state index contributed by atoms with van der Waals surface area (Å²) in [5, 5.41) is 6.75. The minimum atomic E-state index is 0. The van der Waals surface area contributed by atoms with E-state index >= 15 is 0 Å². The highest BCUT2D eigenvalue weighted by molar-refractivity contribution is 5.85. The summed E-state index contributed by atoms with van der Waals surface area (Å²) >= 11 is 0. The molecule has 29 heavy (non-hydrogen) atoms. The number of halogens is 2. The highest BCUT2D eigenvalue weighted by Crippen LogP contribution is 2.58. The normalized spacial score (nSPS) is 26.7. The summed E-state index contributed by atoms with van der Waals surface area (Å²) in [6.45, 7) is 7.79. The quantitative estimate of drug-likeness (QED) is 0.709. The van der Waals surface area contributed by atoms with Crippen molar-refractivity contribution in [2.24, 2.45) is 11.3 Å². The molecule has 1 amide bonds. The molecule has 2 aliphatic heterocycles. The van der Waals surface area contributed by atoms with E-state index in [-0.39, 0.29) is 48.8 Å². The molecule has 4 rings (SSSR count). The molecule has 1 aromatic rings. The van der Waals surface area contributed by atoms with Crippen LogP contribution in [-0.4, -0.2) is 55.7 Å². The van der Waals surface area contributed by atoms with Crippen molar-refractivity contribution >= 4 is 30.7 Å². The monoisotopic (exact) mass is 443 g/mol. The fourth-order valence-corrected chi connectivity index (χ4v) is 4.90. The summed E-state index contributed by atoms with van der Waals surface area (Å²) in [5.74, 6) is 0.477. The van der Waals surface area contributed by atoms with Gasteiger partial charge >= 0.3 is 0 Å². The van der Waals surface area contributed by atoms with Crippen molar-refractivity contribution in [3.05, 3.63) is 35.9 Å². The average molecular weight is 444 g/mol. The number of rotatable bonds is 6. The zero-order chi connectivity index (χ0) is 18.7. The first-order valence-corrected chi connectivity index (χ1v) is 10.6. The molecule has 2 saturated heterocycles. The molecule has 0 bridgehead atoms. The van der Waals surface area contributed by atoms with E-state index < -0.39 is 0 Å². The van der Waals surface area contributed by atoms with Gasteiger partial charge in [0.2, 0.25) is 5.91 Å². The van der Waals surface area contributed by atoms with Gasteiger partial charge in [0, 0.05) is 25.6 Å². The zero-order valence-electron chi connectivity index (χ0n) is 17.3. The maximum atomic E-state index is 12.9. The first-order valence-electron chi connectivity index (χ1n) is 10.6. The number of carbonyl (C=O) groups excluding carboxylic acids is 1. The predicted octanol–water partition coefficient (Wildman–Crippen LogP) is 3.02. The van der Waals surface area contributed by atoms with Crippen LogP contribution >= 0.6 is 24.8 Å². The predicted molar refractivity (Wildman–Crippen MR) is 121 cm³/mol. The Hall–Kier alpha value is -0.850. The van der Waals surface area contributed by atoms with Crippen molar-refractivity contribution in [3.63, 3.8) is 0 Å². The lowest BCUT2D eigenvalue weighted by Gasteiger charge is -2.37. The summed E-state index contributed by atoms with van der Waals surface area (Å²) in [4.78, 5) is 15.3. The van der Waals surface area contributed by atoms with Crippen LogP contribution in [0.15, 0.2) is 30.3 Å². The SMILES string of the molecule is CCC(NC(=O)C1CC12CCNCC2)C1CN(Cc2ccccc2)CCO1.Cl.Cl. The topological polar surface area (TPSA) is 53.6 Å². The second kappa shape index (κ2) is 11.0. The number of hydrogen-bond acceptors (Lipinski definition) is 4. The van der Waals surface area contributed by atoms with Crippen molar-refractivity contribution in [1.29, 1.82) is 0 Å². The molecule has 3 unspecified atom stereocenters. The first-order chi connectivity index (χ1) is 13.2. The molecule has 7 heteroatoms. The van der Waals surface area contributed by atoms with Crippen molar-refractivity contribution in [3.8, 4) is 0 Å². The van der Waals surface area contributed by atoms with E-state index in [9.17, 15) is 4.79 Å². The summed E-state index contributed by atoms with van der Waals surface area (Å²) in [5.41, 5.74) is 1.63. The van der Waals surface area contributed by atoms with Crippen molar-refractivity contribution < 1.29 is 9.53 Å². The van der Waals surface area contributed by atoms with Gasteiger partial charge in [-0.1, -0.05) is 37.3 Å². The second-order valence-corrected chi connectivity index (χ2v) is 8.52. The number of morpholine rings is 1. The first kappa shape index (κ1) is 24.4. The standard InChI is InChI=1S/C22H33N3O2.2ClH/c1-2-19(24-21(26)18-14-22(18)8-10-23-11-9-22)20-16-25(12-13-27-20)15-17-6-4-3-5-7-17;;/h3-7,18-20,23H,2,8-16H2,1H3,(H,24,26);2*1H. The Morgan fingerprint density at radius 2 is 2.00 bits per heavy atom. The van der Waals surface area contributed by atoms with Crippen molar-refractivity contribution in [1.82, 2.24) is 15.5 Å². The van der Waals surface area contributed by atoms with Crippen LogP contribution in [0, 0.1) is 11.3 Å². The Balaban J connectivity index is 0.00000150. The van der Waals surface area contributed by atoms with E-state index in [1.54, 1.807) is 0 Å². The van der Waals surface area contributed by atoms with E-state index in [1.165, 1.54) is 5.56 Å². The van der Waals surface area contributed by atoms with Crippen LogP contribution in [0.3, 0.4) is 0 Å². The Morgan fingerprint density at radius 3 is 2.69 bits per heavy atom. The number of amides is 1. The summed E-state index contributed by atoms with van der Waals surface area (Å²) in [6, 6.07) is 10.7. The number of carbonyl (C=O) groups is 1. The van der Waals surface area contributed by atoms with E-state index in [1.807, 2.05) is 0 Å². The maximum Gasteiger partial charge on any atom is 0.224 e. The van der Waals surface area contributed by atoms with Crippen LogP contribution in [0.25, 0.3) is 0 Å². The minimum absolute atomic E-state index is 0. The number of hydrogen-bond donors (Lipinski definition) is 2. The Morgan fingerprint density at radius 1 is 1.28 bits per heavy atom. The summed E-state index contributed by atoms with van der Waals surface area (Å²) < 4.78 is 6.07. The highest BCUT2D eigenvalue weighted by atomic mass is 35.5.